The molecule has 2 rings (SSSR count). The summed E-state index contributed by atoms with van der Waals surface area (Å²) in [4.78, 5) is 23.3. The summed E-state index contributed by atoms with van der Waals surface area (Å²) in [6, 6.07) is 0. The maximum Gasteiger partial charge on any atom is 0.306 e. The summed E-state index contributed by atoms with van der Waals surface area (Å²) >= 11 is 0. The van der Waals surface area contributed by atoms with Crippen molar-refractivity contribution >= 4 is 11.8 Å². The van der Waals surface area contributed by atoms with Gasteiger partial charge in [0.05, 0.1) is 6.10 Å². The van der Waals surface area contributed by atoms with Crippen molar-refractivity contribution in [1.82, 2.24) is 0 Å². The molecular weight excluding hydrogens is 292 g/mol. The van der Waals surface area contributed by atoms with Gasteiger partial charge < -0.3 is 9.47 Å². The second-order valence-electron chi connectivity index (χ2n) is 6.34. The zero-order valence-corrected chi connectivity index (χ0v) is 14.3. The third-order valence-electron chi connectivity index (χ3n) is 4.68. The molecular formula is C19H28O4. The molecule has 0 aromatic carbocycles. The van der Waals surface area contributed by atoms with E-state index in [2.05, 4.69) is 19.1 Å². The molecule has 4 nitrogen and oxygen atoms in total. The Hall–Kier alpha value is -1.42. The number of hydrogen-bond acceptors (Lipinski definition) is 4. The first-order valence-corrected chi connectivity index (χ1v) is 8.78. The van der Waals surface area contributed by atoms with Crippen LogP contribution in [0.3, 0.4) is 0 Å². The van der Waals surface area contributed by atoms with Crippen LogP contribution in [-0.2, 0) is 19.1 Å². The van der Waals surface area contributed by atoms with E-state index in [0.717, 1.165) is 50.5 Å². The van der Waals surface area contributed by atoms with E-state index < -0.39 is 0 Å². The molecule has 2 atom stereocenters. The van der Waals surface area contributed by atoms with Crippen molar-refractivity contribution in [2.24, 2.45) is 0 Å². The van der Waals surface area contributed by atoms with E-state index in [9.17, 15) is 9.59 Å². The van der Waals surface area contributed by atoms with Crippen LogP contribution in [0.5, 0.6) is 0 Å². The summed E-state index contributed by atoms with van der Waals surface area (Å²) in [5.41, 5.74) is 2.13. The van der Waals surface area contributed by atoms with Crippen molar-refractivity contribution in [1.29, 1.82) is 0 Å². The van der Waals surface area contributed by atoms with Crippen molar-refractivity contribution in [3.63, 3.8) is 0 Å². The third kappa shape index (κ3) is 5.03. The highest BCUT2D eigenvalue weighted by atomic mass is 16.5. The number of ketones is 1. The summed E-state index contributed by atoms with van der Waals surface area (Å²) in [6.07, 6.45) is 11.7. The van der Waals surface area contributed by atoms with Crippen LogP contribution in [0.1, 0.15) is 64.7 Å². The molecule has 0 spiro atoms. The molecule has 0 bridgehead atoms. The molecule has 1 heterocycles. The van der Waals surface area contributed by atoms with Gasteiger partial charge in [0, 0.05) is 25.5 Å². The second-order valence-corrected chi connectivity index (χ2v) is 6.34. The molecule has 1 aliphatic heterocycles. The van der Waals surface area contributed by atoms with Gasteiger partial charge in [-0.2, -0.15) is 0 Å². The molecule has 128 valence electrons. The Bertz CT molecular complexity index is 490. The van der Waals surface area contributed by atoms with E-state index in [4.69, 9.17) is 9.47 Å². The number of methoxy groups -OCH3 is 1. The predicted octanol–water partition coefficient (Wildman–Crippen LogP) is 3.89. The predicted molar refractivity (Wildman–Crippen MR) is 89.1 cm³/mol. The Morgan fingerprint density at radius 3 is 2.74 bits per heavy atom. The van der Waals surface area contributed by atoms with Gasteiger partial charge >= 0.3 is 5.97 Å². The lowest BCUT2D eigenvalue weighted by Gasteiger charge is -2.14. The average molecular weight is 320 g/mol. The van der Waals surface area contributed by atoms with Gasteiger partial charge in [-0.3, -0.25) is 9.59 Å². The minimum Gasteiger partial charge on any atom is -0.462 e. The first-order valence-electron chi connectivity index (χ1n) is 8.78. The molecule has 0 amide bonds. The molecule has 4 heteroatoms. The van der Waals surface area contributed by atoms with Crippen LogP contribution in [0.4, 0.5) is 0 Å². The van der Waals surface area contributed by atoms with Crippen LogP contribution in [0, 0.1) is 0 Å². The number of hydrogen-bond donors (Lipinski definition) is 0. The highest BCUT2D eigenvalue weighted by molar-refractivity contribution is 5.99. The number of carbonyl (C=O) groups is 2. The van der Waals surface area contributed by atoms with Crippen molar-refractivity contribution in [3.8, 4) is 0 Å². The first-order chi connectivity index (χ1) is 11.2. The van der Waals surface area contributed by atoms with Gasteiger partial charge in [-0.25, -0.2) is 0 Å². The van der Waals surface area contributed by atoms with Crippen LogP contribution in [0.25, 0.3) is 0 Å². The zero-order chi connectivity index (χ0) is 16.7. The van der Waals surface area contributed by atoms with Crippen LogP contribution < -0.4 is 0 Å². The maximum atomic E-state index is 12.2. The van der Waals surface area contributed by atoms with Crippen LogP contribution in [-0.4, -0.2) is 31.1 Å². The van der Waals surface area contributed by atoms with Crippen molar-refractivity contribution < 1.29 is 19.1 Å². The van der Waals surface area contributed by atoms with E-state index in [1.807, 2.05) is 0 Å². The molecule has 0 saturated carbocycles. The highest BCUT2D eigenvalue weighted by Crippen LogP contribution is 2.32. The summed E-state index contributed by atoms with van der Waals surface area (Å²) in [5, 5.41) is 0. The molecule has 2 aliphatic rings. The normalized spacial score (nSPS) is 25.0. The Morgan fingerprint density at radius 1 is 1.26 bits per heavy atom. The molecule has 0 radical (unpaired) electrons. The van der Waals surface area contributed by atoms with Gasteiger partial charge in [0.1, 0.15) is 6.10 Å². The number of ether oxygens (including phenoxy) is 2. The SMILES string of the molecule is CCC=CCC1=C(CCCCC2CCC(=O)O2)C(OC)CC1=O. The van der Waals surface area contributed by atoms with Crippen molar-refractivity contribution in [3.05, 3.63) is 23.3 Å². The number of allylic oxidation sites excluding steroid dienone is 3. The summed E-state index contributed by atoms with van der Waals surface area (Å²) < 4.78 is 10.7. The number of unbranched alkanes of at least 4 members (excludes halogenated alkanes) is 1. The smallest absolute Gasteiger partial charge is 0.306 e. The average Bonchev–Trinajstić information content (AvgIpc) is 3.08. The largest absolute Gasteiger partial charge is 0.462 e. The van der Waals surface area contributed by atoms with Crippen LogP contribution in [0.15, 0.2) is 23.3 Å². The summed E-state index contributed by atoms with van der Waals surface area (Å²) in [5.74, 6) is 0.167. The summed E-state index contributed by atoms with van der Waals surface area (Å²) in [7, 11) is 1.68. The van der Waals surface area contributed by atoms with Crippen LogP contribution in [0.2, 0.25) is 0 Å². The van der Waals surface area contributed by atoms with Gasteiger partial charge in [0.2, 0.25) is 0 Å². The van der Waals surface area contributed by atoms with Gasteiger partial charge in [0.15, 0.2) is 5.78 Å². The first kappa shape index (κ1) is 17.9. The molecule has 1 fully saturated rings. The number of esters is 1. The fraction of sp³-hybridized carbons (Fsp3) is 0.684. The lowest BCUT2D eigenvalue weighted by molar-refractivity contribution is -0.141. The fourth-order valence-electron chi connectivity index (χ4n) is 3.41. The summed E-state index contributed by atoms with van der Waals surface area (Å²) in [6.45, 7) is 2.09. The Balaban J connectivity index is 1.86. The second kappa shape index (κ2) is 9.02. The van der Waals surface area contributed by atoms with E-state index in [-0.39, 0.29) is 24.0 Å². The van der Waals surface area contributed by atoms with Crippen molar-refractivity contribution in [2.75, 3.05) is 7.11 Å². The van der Waals surface area contributed by atoms with Gasteiger partial charge in [-0.15, -0.1) is 0 Å². The van der Waals surface area contributed by atoms with Gasteiger partial charge in [0.25, 0.3) is 0 Å². The van der Waals surface area contributed by atoms with Gasteiger partial charge in [-0.05, 0) is 50.5 Å². The molecule has 23 heavy (non-hydrogen) atoms. The Kier molecular flexibility index (Phi) is 7.03. The maximum absolute atomic E-state index is 12.2. The van der Waals surface area contributed by atoms with Crippen molar-refractivity contribution in [2.45, 2.75) is 76.9 Å². The lowest BCUT2D eigenvalue weighted by atomic mass is 9.99. The quantitative estimate of drug-likeness (QED) is 0.367. The molecule has 0 N–H and O–H groups in total. The standard InChI is InChI=1S/C19H28O4/c1-3-4-5-9-15-16(18(22-2)13-17(15)20)10-7-6-8-14-11-12-19(21)23-14/h4-5,14,18H,3,6-13H2,1-2H3. The molecule has 0 aromatic heterocycles. The van der Waals surface area contributed by atoms with E-state index in [1.54, 1.807) is 7.11 Å². The van der Waals surface area contributed by atoms with Gasteiger partial charge in [-0.1, -0.05) is 19.1 Å². The number of carbonyl (C=O) groups excluding carboxylic acids is 2. The van der Waals surface area contributed by atoms with E-state index in [0.29, 0.717) is 12.8 Å². The van der Waals surface area contributed by atoms with Crippen LogP contribution >= 0.6 is 0 Å². The number of Topliss-reactive ketones (excluding diaryl/α,β-unsaturated/α-hetero) is 1. The molecule has 1 aliphatic carbocycles. The monoisotopic (exact) mass is 320 g/mol. The minimum absolute atomic E-state index is 0.0446. The molecule has 2 unspecified atom stereocenters. The third-order valence-corrected chi connectivity index (χ3v) is 4.68. The molecule has 1 saturated heterocycles. The topological polar surface area (TPSA) is 52.6 Å². The van der Waals surface area contributed by atoms with E-state index in [1.165, 1.54) is 5.57 Å². The number of rotatable bonds is 9. The lowest BCUT2D eigenvalue weighted by Crippen LogP contribution is -2.11. The van der Waals surface area contributed by atoms with E-state index >= 15 is 0 Å². The molecule has 0 aromatic rings. The highest BCUT2D eigenvalue weighted by Gasteiger charge is 2.31. The zero-order valence-electron chi connectivity index (χ0n) is 14.3. The Labute approximate surface area is 138 Å². The Morgan fingerprint density at radius 2 is 2.09 bits per heavy atom. The number of cyclic esters (lactones) is 1. The minimum atomic E-state index is -0.0662. The fourth-order valence-corrected chi connectivity index (χ4v) is 3.41.